The van der Waals surface area contributed by atoms with E-state index in [0.717, 1.165) is 0 Å². The first kappa shape index (κ1) is 13.2. The maximum atomic E-state index is 11.8. The summed E-state index contributed by atoms with van der Waals surface area (Å²) < 4.78 is 5.31. The quantitative estimate of drug-likeness (QED) is 0.669. The molecule has 0 aromatic rings. The molecule has 0 aromatic heterocycles. The van der Waals surface area contributed by atoms with Gasteiger partial charge in [0.05, 0.1) is 0 Å². The highest BCUT2D eigenvalue weighted by Crippen LogP contribution is 2.14. The summed E-state index contributed by atoms with van der Waals surface area (Å²) in [4.78, 5) is 24.9. The maximum absolute atomic E-state index is 11.8. The number of carbonyl (C=O) groups is 2. The number of esters is 1. The Kier molecular flexibility index (Phi) is 4.08. The van der Waals surface area contributed by atoms with E-state index in [2.05, 4.69) is 0 Å². The SMILES string of the molecule is CC(C(=O)OC(C)(C)C)N1CCC(=O)CC1. The van der Waals surface area contributed by atoms with Gasteiger partial charge in [0.1, 0.15) is 17.4 Å². The molecule has 1 heterocycles. The van der Waals surface area contributed by atoms with Crippen LogP contribution in [-0.2, 0) is 14.3 Å². The van der Waals surface area contributed by atoms with Gasteiger partial charge in [-0.3, -0.25) is 14.5 Å². The smallest absolute Gasteiger partial charge is 0.323 e. The first-order chi connectivity index (χ1) is 7.29. The van der Waals surface area contributed by atoms with Crippen LogP contribution in [0.1, 0.15) is 40.5 Å². The molecular weight excluding hydrogens is 206 g/mol. The lowest BCUT2D eigenvalue weighted by Gasteiger charge is -2.32. The average Bonchev–Trinajstić information content (AvgIpc) is 2.15. The minimum Gasteiger partial charge on any atom is -0.459 e. The average molecular weight is 227 g/mol. The molecule has 1 atom stereocenters. The van der Waals surface area contributed by atoms with E-state index < -0.39 is 5.60 Å². The van der Waals surface area contributed by atoms with E-state index in [-0.39, 0.29) is 17.8 Å². The molecule has 1 saturated heterocycles. The van der Waals surface area contributed by atoms with Crippen LogP contribution in [0.4, 0.5) is 0 Å². The van der Waals surface area contributed by atoms with Crippen LogP contribution in [0.5, 0.6) is 0 Å². The number of carbonyl (C=O) groups excluding carboxylic acids is 2. The van der Waals surface area contributed by atoms with Gasteiger partial charge in [-0.05, 0) is 27.7 Å². The minimum absolute atomic E-state index is 0.207. The molecule has 0 bridgehead atoms. The number of ether oxygens (including phenoxy) is 1. The van der Waals surface area contributed by atoms with Gasteiger partial charge in [0.25, 0.3) is 0 Å². The third kappa shape index (κ3) is 3.93. The predicted molar refractivity (Wildman–Crippen MR) is 61.1 cm³/mol. The summed E-state index contributed by atoms with van der Waals surface area (Å²) >= 11 is 0. The van der Waals surface area contributed by atoms with Crippen LogP contribution in [0.3, 0.4) is 0 Å². The van der Waals surface area contributed by atoms with E-state index in [1.54, 1.807) is 0 Å². The molecular formula is C12H21NO3. The van der Waals surface area contributed by atoms with Crippen LogP contribution in [0.2, 0.25) is 0 Å². The molecule has 1 aliphatic heterocycles. The summed E-state index contributed by atoms with van der Waals surface area (Å²) in [6.45, 7) is 8.74. The van der Waals surface area contributed by atoms with Gasteiger partial charge in [-0.25, -0.2) is 0 Å². The van der Waals surface area contributed by atoms with Crippen molar-refractivity contribution in [1.29, 1.82) is 0 Å². The summed E-state index contributed by atoms with van der Waals surface area (Å²) in [7, 11) is 0. The number of likely N-dealkylation sites (tertiary alicyclic amines) is 1. The number of hydrogen-bond acceptors (Lipinski definition) is 4. The fourth-order valence-corrected chi connectivity index (χ4v) is 1.70. The highest BCUT2D eigenvalue weighted by Gasteiger charge is 2.28. The van der Waals surface area contributed by atoms with E-state index in [1.807, 2.05) is 32.6 Å². The van der Waals surface area contributed by atoms with Crippen LogP contribution in [0.15, 0.2) is 0 Å². The van der Waals surface area contributed by atoms with Crippen LogP contribution in [0, 0.1) is 0 Å². The molecule has 92 valence electrons. The Balaban J connectivity index is 2.47. The van der Waals surface area contributed by atoms with Crippen molar-refractivity contribution in [2.45, 2.75) is 52.2 Å². The molecule has 0 radical (unpaired) electrons. The zero-order valence-corrected chi connectivity index (χ0v) is 10.6. The summed E-state index contributed by atoms with van der Waals surface area (Å²) in [5, 5.41) is 0. The van der Waals surface area contributed by atoms with E-state index in [0.29, 0.717) is 25.9 Å². The zero-order chi connectivity index (χ0) is 12.3. The third-order valence-electron chi connectivity index (χ3n) is 2.65. The highest BCUT2D eigenvalue weighted by atomic mass is 16.6. The molecule has 1 aliphatic rings. The Morgan fingerprint density at radius 2 is 1.81 bits per heavy atom. The number of nitrogens with zero attached hydrogens (tertiary/aromatic N) is 1. The van der Waals surface area contributed by atoms with Gasteiger partial charge < -0.3 is 4.74 Å². The van der Waals surface area contributed by atoms with E-state index in [4.69, 9.17) is 4.74 Å². The molecule has 4 nitrogen and oxygen atoms in total. The summed E-state index contributed by atoms with van der Waals surface area (Å²) in [5.74, 6) is 0.0782. The standard InChI is InChI=1S/C12H21NO3/c1-9(11(15)16-12(2,3)4)13-7-5-10(14)6-8-13/h9H,5-8H2,1-4H3. The molecule has 0 spiro atoms. The number of ketones is 1. The van der Waals surface area contributed by atoms with E-state index in [1.165, 1.54) is 0 Å². The van der Waals surface area contributed by atoms with Crippen molar-refractivity contribution < 1.29 is 14.3 Å². The lowest BCUT2D eigenvalue weighted by molar-refractivity contribution is -0.161. The van der Waals surface area contributed by atoms with Crippen molar-refractivity contribution in [1.82, 2.24) is 4.90 Å². The van der Waals surface area contributed by atoms with Crippen molar-refractivity contribution in [3.8, 4) is 0 Å². The van der Waals surface area contributed by atoms with Crippen molar-refractivity contribution >= 4 is 11.8 Å². The number of Topliss-reactive ketones (excluding diaryl/α,β-unsaturated/α-hetero) is 1. The van der Waals surface area contributed by atoms with Gasteiger partial charge in [0.2, 0.25) is 0 Å². The Morgan fingerprint density at radius 1 is 1.31 bits per heavy atom. The second kappa shape index (κ2) is 4.95. The van der Waals surface area contributed by atoms with Crippen LogP contribution in [-0.4, -0.2) is 41.4 Å². The van der Waals surface area contributed by atoms with Gasteiger partial charge >= 0.3 is 5.97 Å². The summed E-state index contributed by atoms with van der Waals surface area (Å²) in [6.07, 6.45) is 1.10. The zero-order valence-electron chi connectivity index (χ0n) is 10.6. The van der Waals surface area contributed by atoms with E-state index >= 15 is 0 Å². The molecule has 0 saturated carbocycles. The lowest BCUT2D eigenvalue weighted by atomic mass is 10.1. The normalized spacial score (nSPS) is 20.6. The molecule has 1 rings (SSSR count). The first-order valence-corrected chi connectivity index (χ1v) is 5.78. The lowest BCUT2D eigenvalue weighted by Crippen LogP contribution is -2.46. The van der Waals surface area contributed by atoms with Gasteiger partial charge in [-0.1, -0.05) is 0 Å². The fourth-order valence-electron chi connectivity index (χ4n) is 1.70. The molecule has 0 amide bonds. The van der Waals surface area contributed by atoms with E-state index in [9.17, 15) is 9.59 Å². The molecule has 0 aromatic carbocycles. The maximum Gasteiger partial charge on any atom is 0.323 e. The molecule has 0 aliphatic carbocycles. The topological polar surface area (TPSA) is 46.6 Å². The van der Waals surface area contributed by atoms with Crippen molar-refractivity contribution in [3.05, 3.63) is 0 Å². The fraction of sp³-hybridized carbons (Fsp3) is 0.833. The second-order valence-corrected chi connectivity index (χ2v) is 5.28. The molecule has 0 N–H and O–H groups in total. The van der Waals surface area contributed by atoms with Crippen LogP contribution >= 0.6 is 0 Å². The number of hydrogen-bond donors (Lipinski definition) is 0. The van der Waals surface area contributed by atoms with Crippen LogP contribution < -0.4 is 0 Å². The monoisotopic (exact) mass is 227 g/mol. The van der Waals surface area contributed by atoms with Crippen LogP contribution in [0.25, 0.3) is 0 Å². The summed E-state index contributed by atoms with van der Waals surface area (Å²) in [5.41, 5.74) is -0.447. The van der Waals surface area contributed by atoms with Crippen molar-refractivity contribution in [2.24, 2.45) is 0 Å². The van der Waals surface area contributed by atoms with Crippen molar-refractivity contribution in [2.75, 3.05) is 13.1 Å². The van der Waals surface area contributed by atoms with Crippen molar-refractivity contribution in [3.63, 3.8) is 0 Å². The minimum atomic E-state index is -0.447. The Morgan fingerprint density at radius 3 is 2.25 bits per heavy atom. The Hall–Kier alpha value is -0.900. The Labute approximate surface area is 96.9 Å². The largest absolute Gasteiger partial charge is 0.459 e. The van der Waals surface area contributed by atoms with Gasteiger partial charge in [-0.15, -0.1) is 0 Å². The molecule has 1 unspecified atom stereocenters. The molecule has 1 fully saturated rings. The molecule has 16 heavy (non-hydrogen) atoms. The van der Waals surface area contributed by atoms with Gasteiger partial charge in [0, 0.05) is 25.9 Å². The number of piperidine rings is 1. The second-order valence-electron chi connectivity index (χ2n) is 5.28. The van der Waals surface area contributed by atoms with Gasteiger partial charge in [0.15, 0.2) is 0 Å². The first-order valence-electron chi connectivity index (χ1n) is 5.78. The third-order valence-corrected chi connectivity index (χ3v) is 2.65. The van der Waals surface area contributed by atoms with Gasteiger partial charge in [-0.2, -0.15) is 0 Å². The number of rotatable bonds is 2. The predicted octanol–water partition coefficient (Wildman–Crippen LogP) is 1.38. The molecule has 4 heteroatoms. The Bertz CT molecular complexity index is 270. The highest BCUT2D eigenvalue weighted by molar-refractivity contribution is 5.80. The summed E-state index contributed by atoms with van der Waals surface area (Å²) in [6, 6.07) is -0.257.